The van der Waals surface area contributed by atoms with Gasteiger partial charge in [-0.1, -0.05) is 36.4 Å². The third kappa shape index (κ3) is 3.28. The van der Waals surface area contributed by atoms with Gasteiger partial charge in [-0.15, -0.1) is 0 Å². The quantitative estimate of drug-likeness (QED) is 0.833. The van der Waals surface area contributed by atoms with Crippen molar-refractivity contribution in [2.24, 2.45) is 0 Å². The van der Waals surface area contributed by atoms with Gasteiger partial charge in [0.15, 0.2) is 0 Å². The number of hydrogen-bond donors (Lipinski definition) is 1. The van der Waals surface area contributed by atoms with Crippen molar-refractivity contribution >= 4 is 29.3 Å². The molecule has 0 bridgehead atoms. The van der Waals surface area contributed by atoms with Crippen LogP contribution in [-0.4, -0.2) is 16.8 Å². The monoisotopic (exact) mass is 259 g/mol. The van der Waals surface area contributed by atoms with Crippen molar-refractivity contribution in [2.45, 2.75) is 0 Å². The van der Waals surface area contributed by atoms with Gasteiger partial charge in [-0.2, -0.15) is 0 Å². The Hall–Kier alpha value is -1.94. The molecule has 18 heavy (non-hydrogen) atoms. The highest BCUT2D eigenvalue weighted by molar-refractivity contribution is 8.01. The summed E-state index contributed by atoms with van der Waals surface area (Å²) in [5, 5.41) is 8.81. The van der Waals surface area contributed by atoms with Crippen molar-refractivity contribution in [3.8, 4) is 0 Å². The van der Waals surface area contributed by atoms with Crippen LogP contribution in [0.5, 0.6) is 0 Å². The summed E-state index contributed by atoms with van der Waals surface area (Å²) in [5.74, 6) is -0.791. The minimum atomic E-state index is -0.822. The van der Waals surface area contributed by atoms with Crippen molar-refractivity contribution in [2.75, 3.05) is 10.1 Å². The Kier molecular flexibility index (Phi) is 4.25. The Balaban J connectivity index is 2.26. The first-order valence-corrected chi connectivity index (χ1v) is 6.46. The summed E-state index contributed by atoms with van der Waals surface area (Å²) in [4.78, 5) is 10.7. The van der Waals surface area contributed by atoms with Crippen LogP contribution in [-0.2, 0) is 4.79 Å². The number of rotatable bonds is 5. The average Bonchev–Trinajstić information content (AvgIpc) is 2.41. The highest BCUT2D eigenvalue weighted by Crippen LogP contribution is 2.31. The van der Waals surface area contributed by atoms with Crippen LogP contribution >= 0.6 is 11.9 Å². The van der Waals surface area contributed by atoms with E-state index in [2.05, 4.69) is 0 Å². The molecule has 2 aromatic rings. The Morgan fingerprint density at radius 3 is 1.78 bits per heavy atom. The predicted molar refractivity (Wildman–Crippen MR) is 75.1 cm³/mol. The van der Waals surface area contributed by atoms with Gasteiger partial charge in [0.1, 0.15) is 5.75 Å². The SMILES string of the molecule is O=C(O)CSN(c1ccccc1)c1ccccc1. The van der Waals surface area contributed by atoms with Crippen LogP contribution in [0, 0.1) is 0 Å². The Bertz CT molecular complexity index is 462. The van der Waals surface area contributed by atoms with E-state index < -0.39 is 5.97 Å². The molecule has 0 heterocycles. The predicted octanol–water partition coefficient (Wildman–Crippen LogP) is 3.56. The lowest BCUT2D eigenvalue weighted by Crippen LogP contribution is -2.11. The number of anilines is 2. The van der Waals surface area contributed by atoms with Crippen molar-refractivity contribution < 1.29 is 9.90 Å². The molecule has 1 N–H and O–H groups in total. The zero-order valence-corrected chi connectivity index (χ0v) is 10.5. The summed E-state index contributed by atoms with van der Waals surface area (Å²) < 4.78 is 1.92. The van der Waals surface area contributed by atoms with Crippen LogP contribution < -0.4 is 4.31 Å². The van der Waals surface area contributed by atoms with Crippen LogP contribution in [0.3, 0.4) is 0 Å². The molecule has 2 rings (SSSR count). The zero-order valence-electron chi connectivity index (χ0n) is 9.69. The number of para-hydroxylation sites is 2. The topological polar surface area (TPSA) is 40.5 Å². The van der Waals surface area contributed by atoms with E-state index in [-0.39, 0.29) is 5.75 Å². The molecule has 92 valence electrons. The fourth-order valence-electron chi connectivity index (χ4n) is 1.54. The van der Waals surface area contributed by atoms with E-state index in [1.165, 1.54) is 11.9 Å². The van der Waals surface area contributed by atoms with E-state index in [0.29, 0.717) is 0 Å². The first-order chi connectivity index (χ1) is 8.77. The van der Waals surface area contributed by atoms with Gasteiger partial charge in [0.05, 0.1) is 11.4 Å². The van der Waals surface area contributed by atoms with Crippen molar-refractivity contribution in [1.29, 1.82) is 0 Å². The van der Waals surface area contributed by atoms with E-state index in [9.17, 15) is 4.79 Å². The zero-order chi connectivity index (χ0) is 12.8. The second-order valence-corrected chi connectivity index (χ2v) is 4.54. The van der Waals surface area contributed by atoms with Gasteiger partial charge in [0.2, 0.25) is 0 Å². The molecule has 4 heteroatoms. The van der Waals surface area contributed by atoms with Gasteiger partial charge in [0, 0.05) is 0 Å². The van der Waals surface area contributed by atoms with Crippen LogP contribution in [0.1, 0.15) is 0 Å². The van der Waals surface area contributed by atoms with E-state index in [1.807, 2.05) is 65.0 Å². The summed E-state index contributed by atoms with van der Waals surface area (Å²) in [5.41, 5.74) is 1.94. The van der Waals surface area contributed by atoms with Crippen LogP contribution in [0.2, 0.25) is 0 Å². The number of carboxylic acid groups (broad SMARTS) is 1. The molecule has 2 aromatic carbocycles. The molecule has 0 unspecified atom stereocenters. The first-order valence-electron chi connectivity index (χ1n) is 5.52. The van der Waals surface area contributed by atoms with E-state index in [0.717, 1.165) is 11.4 Å². The highest BCUT2D eigenvalue weighted by Gasteiger charge is 2.11. The molecule has 0 atom stereocenters. The maximum absolute atomic E-state index is 10.7. The molecular formula is C14H13NO2S. The molecule has 0 fully saturated rings. The highest BCUT2D eigenvalue weighted by atomic mass is 32.2. The van der Waals surface area contributed by atoms with E-state index in [1.54, 1.807) is 0 Å². The number of hydrogen-bond acceptors (Lipinski definition) is 3. The Labute approximate surface area is 110 Å². The second kappa shape index (κ2) is 6.12. The molecule has 0 spiro atoms. The van der Waals surface area contributed by atoms with Crippen molar-refractivity contribution in [3.63, 3.8) is 0 Å². The van der Waals surface area contributed by atoms with Crippen LogP contribution in [0.15, 0.2) is 60.7 Å². The molecule has 0 radical (unpaired) electrons. The maximum Gasteiger partial charge on any atom is 0.315 e. The average molecular weight is 259 g/mol. The summed E-state index contributed by atoms with van der Waals surface area (Å²) in [6.45, 7) is 0. The molecular weight excluding hydrogens is 246 g/mol. The largest absolute Gasteiger partial charge is 0.481 e. The summed E-state index contributed by atoms with van der Waals surface area (Å²) in [7, 11) is 0. The fraction of sp³-hybridized carbons (Fsp3) is 0.0714. The van der Waals surface area contributed by atoms with Crippen LogP contribution in [0.4, 0.5) is 11.4 Å². The third-order valence-electron chi connectivity index (χ3n) is 2.30. The molecule has 0 aliphatic carbocycles. The second-order valence-electron chi connectivity index (χ2n) is 3.63. The number of aliphatic carboxylic acids is 1. The van der Waals surface area contributed by atoms with E-state index in [4.69, 9.17) is 5.11 Å². The minimum absolute atomic E-state index is 0.0315. The first kappa shape index (κ1) is 12.5. The molecule has 0 aliphatic heterocycles. The number of benzene rings is 2. The molecule has 3 nitrogen and oxygen atoms in total. The van der Waals surface area contributed by atoms with Crippen molar-refractivity contribution in [3.05, 3.63) is 60.7 Å². The van der Waals surface area contributed by atoms with Gasteiger partial charge in [0.25, 0.3) is 0 Å². The molecule has 0 aliphatic rings. The molecule has 0 saturated carbocycles. The van der Waals surface area contributed by atoms with Gasteiger partial charge >= 0.3 is 5.97 Å². The molecule has 0 aromatic heterocycles. The number of nitrogens with zero attached hydrogens (tertiary/aromatic N) is 1. The molecule has 0 saturated heterocycles. The maximum atomic E-state index is 10.7. The Morgan fingerprint density at radius 1 is 0.944 bits per heavy atom. The third-order valence-corrected chi connectivity index (χ3v) is 3.35. The summed E-state index contributed by atoms with van der Waals surface area (Å²) in [6, 6.07) is 19.5. The van der Waals surface area contributed by atoms with Gasteiger partial charge in [-0.25, -0.2) is 0 Å². The fourth-order valence-corrected chi connectivity index (χ4v) is 2.33. The van der Waals surface area contributed by atoms with Crippen molar-refractivity contribution in [1.82, 2.24) is 0 Å². The standard InChI is InChI=1S/C14H13NO2S/c16-14(17)11-18-15(12-7-3-1-4-8-12)13-9-5-2-6-10-13/h1-10H,11H2,(H,16,17). The lowest BCUT2D eigenvalue weighted by atomic mass is 10.3. The summed E-state index contributed by atoms with van der Waals surface area (Å²) >= 11 is 1.27. The lowest BCUT2D eigenvalue weighted by Gasteiger charge is -2.22. The minimum Gasteiger partial charge on any atom is -0.481 e. The van der Waals surface area contributed by atoms with Gasteiger partial charge < -0.3 is 5.11 Å². The molecule has 0 amide bonds. The number of carboxylic acids is 1. The normalized spacial score (nSPS) is 10.0. The Morgan fingerprint density at radius 2 is 1.39 bits per heavy atom. The lowest BCUT2D eigenvalue weighted by molar-refractivity contribution is -0.133. The van der Waals surface area contributed by atoms with Gasteiger partial charge in [-0.3, -0.25) is 9.10 Å². The smallest absolute Gasteiger partial charge is 0.315 e. The van der Waals surface area contributed by atoms with Gasteiger partial charge in [-0.05, 0) is 36.2 Å². The summed E-state index contributed by atoms with van der Waals surface area (Å²) in [6.07, 6.45) is 0. The van der Waals surface area contributed by atoms with E-state index >= 15 is 0 Å². The van der Waals surface area contributed by atoms with Crippen LogP contribution in [0.25, 0.3) is 0 Å². The number of carbonyl (C=O) groups is 1.